The Balaban J connectivity index is 3.00. The fourth-order valence-electron chi connectivity index (χ4n) is 1.38. The van der Waals surface area contributed by atoms with Gasteiger partial charge in [-0.15, -0.1) is 11.8 Å². The van der Waals surface area contributed by atoms with Crippen LogP contribution in [0.3, 0.4) is 0 Å². The predicted molar refractivity (Wildman–Crippen MR) is 70.2 cm³/mol. The highest BCUT2D eigenvalue weighted by atomic mass is 32.2. The van der Waals surface area contributed by atoms with Crippen molar-refractivity contribution in [2.45, 2.75) is 18.3 Å². The van der Waals surface area contributed by atoms with Crippen molar-refractivity contribution in [3.63, 3.8) is 0 Å². The number of carboxylic acid groups (broad SMARTS) is 1. The average molecular weight is 300 g/mol. The second kappa shape index (κ2) is 7.43. The number of esters is 1. The molecule has 9 heteroatoms. The number of thioether (sulfide) groups is 1. The van der Waals surface area contributed by atoms with Gasteiger partial charge in [-0.3, -0.25) is 14.6 Å². The SMILES string of the molecule is CC(=O)O/C=C1\CSC(C(C=O)NC=O)N=C1C(=O)O. The summed E-state index contributed by atoms with van der Waals surface area (Å²) in [5.74, 6) is -1.69. The van der Waals surface area contributed by atoms with Crippen LogP contribution in [0, 0.1) is 0 Å². The minimum Gasteiger partial charge on any atom is -0.477 e. The van der Waals surface area contributed by atoms with E-state index >= 15 is 0 Å². The van der Waals surface area contributed by atoms with E-state index in [0.717, 1.165) is 18.0 Å². The maximum absolute atomic E-state index is 11.1. The molecule has 0 saturated heterocycles. The maximum atomic E-state index is 11.1. The molecule has 1 rings (SSSR count). The topological polar surface area (TPSA) is 122 Å². The van der Waals surface area contributed by atoms with E-state index in [1.165, 1.54) is 6.92 Å². The van der Waals surface area contributed by atoms with Gasteiger partial charge in [0.1, 0.15) is 24.0 Å². The van der Waals surface area contributed by atoms with Crippen molar-refractivity contribution in [3.05, 3.63) is 11.8 Å². The molecule has 0 saturated carbocycles. The fraction of sp³-hybridized carbons (Fsp3) is 0.364. The first-order chi connectivity index (χ1) is 9.49. The summed E-state index contributed by atoms with van der Waals surface area (Å²) in [6.07, 6.45) is 1.86. The zero-order chi connectivity index (χ0) is 15.1. The van der Waals surface area contributed by atoms with Gasteiger partial charge >= 0.3 is 11.9 Å². The minimum absolute atomic E-state index is 0.188. The van der Waals surface area contributed by atoms with Crippen LogP contribution in [-0.4, -0.2) is 52.6 Å². The second-order valence-electron chi connectivity index (χ2n) is 3.68. The third-order valence-electron chi connectivity index (χ3n) is 2.25. The number of hydrogen-bond acceptors (Lipinski definition) is 7. The number of carbonyl (C=O) groups is 4. The monoisotopic (exact) mass is 300 g/mol. The molecule has 1 heterocycles. The standard InChI is InChI=1S/C11H12N2O6S/c1-6(16)19-3-7-4-20-10(8(2-14)12-5-15)13-9(7)11(17)18/h2-3,5,8,10H,4H2,1H3,(H,12,15)(H,17,18)/b7-3+. The second-order valence-corrected chi connectivity index (χ2v) is 4.79. The first kappa shape index (κ1) is 15.9. The Bertz CT molecular complexity index is 487. The molecule has 1 aliphatic heterocycles. The number of rotatable bonds is 6. The average Bonchev–Trinajstić information content (AvgIpc) is 2.42. The lowest BCUT2D eigenvalue weighted by molar-refractivity contribution is -0.135. The summed E-state index contributed by atoms with van der Waals surface area (Å²) in [6, 6.07) is -0.915. The van der Waals surface area contributed by atoms with Crippen LogP contribution in [-0.2, 0) is 23.9 Å². The number of ether oxygens (including phenoxy) is 1. The molecule has 8 nitrogen and oxygen atoms in total. The number of aliphatic imine (C=N–C) groups is 1. The van der Waals surface area contributed by atoms with Crippen molar-refractivity contribution in [2.75, 3.05) is 5.75 Å². The van der Waals surface area contributed by atoms with E-state index in [9.17, 15) is 19.2 Å². The summed E-state index contributed by atoms with van der Waals surface area (Å²) >= 11 is 1.15. The van der Waals surface area contributed by atoms with E-state index in [0.29, 0.717) is 12.7 Å². The number of hydrogen-bond donors (Lipinski definition) is 2. The van der Waals surface area contributed by atoms with E-state index in [-0.39, 0.29) is 17.0 Å². The number of nitrogens with one attached hydrogen (secondary N) is 1. The molecule has 0 spiro atoms. The molecule has 108 valence electrons. The quantitative estimate of drug-likeness (QED) is 0.379. The first-order valence-electron chi connectivity index (χ1n) is 5.44. The van der Waals surface area contributed by atoms with E-state index in [1.807, 2.05) is 0 Å². The lowest BCUT2D eigenvalue weighted by Gasteiger charge is -2.23. The Labute approximate surface area is 118 Å². The zero-order valence-electron chi connectivity index (χ0n) is 10.4. The molecule has 1 amide bonds. The molecule has 0 bridgehead atoms. The lowest BCUT2D eigenvalue weighted by atomic mass is 10.2. The van der Waals surface area contributed by atoms with Crippen LogP contribution in [0.2, 0.25) is 0 Å². The van der Waals surface area contributed by atoms with Crippen molar-refractivity contribution in [1.82, 2.24) is 5.32 Å². The van der Waals surface area contributed by atoms with Crippen molar-refractivity contribution < 1.29 is 29.0 Å². The number of amides is 1. The van der Waals surface area contributed by atoms with Crippen molar-refractivity contribution in [2.24, 2.45) is 4.99 Å². The maximum Gasteiger partial charge on any atom is 0.354 e. The van der Waals surface area contributed by atoms with Gasteiger partial charge in [0.25, 0.3) is 0 Å². The van der Waals surface area contributed by atoms with Gasteiger partial charge < -0.3 is 20.0 Å². The Morgan fingerprint density at radius 1 is 1.55 bits per heavy atom. The first-order valence-corrected chi connectivity index (χ1v) is 6.48. The molecule has 2 atom stereocenters. The molecule has 2 unspecified atom stereocenters. The number of nitrogens with zero attached hydrogens (tertiary/aromatic N) is 1. The summed E-state index contributed by atoms with van der Waals surface area (Å²) in [5, 5.41) is 10.6. The zero-order valence-corrected chi connectivity index (χ0v) is 11.3. The van der Waals surface area contributed by atoms with Crippen LogP contribution in [0.4, 0.5) is 0 Å². The molecular weight excluding hydrogens is 288 g/mol. The van der Waals surface area contributed by atoms with E-state index in [4.69, 9.17) is 5.11 Å². The third-order valence-corrected chi connectivity index (χ3v) is 3.47. The van der Waals surface area contributed by atoms with Gasteiger partial charge in [-0.1, -0.05) is 0 Å². The minimum atomic E-state index is -1.30. The Kier molecular flexibility index (Phi) is 5.91. The third kappa shape index (κ3) is 4.19. The number of carboxylic acids is 1. The molecule has 0 aromatic heterocycles. The van der Waals surface area contributed by atoms with Crippen LogP contribution in [0.15, 0.2) is 16.8 Å². The summed E-state index contributed by atoms with van der Waals surface area (Å²) in [5.41, 5.74) is -0.0701. The Morgan fingerprint density at radius 3 is 2.75 bits per heavy atom. The Morgan fingerprint density at radius 2 is 2.25 bits per heavy atom. The van der Waals surface area contributed by atoms with Gasteiger partial charge in [-0.25, -0.2) is 4.79 Å². The smallest absolute Gasteiger partial charge is 0.354 e. The van der Waals surface area contributed by atoms with Gasteiger partial charge in [0.15, 0.2) is 5.71 Å². The van der Waals surface area contributed by atoms with Gasteiger partial charge in [0.2, 0.25) is 6.41 Å². The fourth-order valence-corrected chi connectivity index (χ4v) is 2.46. The van der Waals surface area contributed by atoms with Gasteiger partial charge in [0.05, 0.1) is 0 Å². The molecule has 0 radical (unpaired) electrons. The highest BCUT2D eigenvalue weighted by molar-refractivity contribution is 8.00. The molecule has 20 heavy (non-hydrogen) atoms. The van der Waals surface area contributed by atoms with E-state index in [1.54, 1.807) is 0 Å². The molecule has 1 aliphatic rings. The van der Waals surface area contributed by atoms with Gasteiger partial charge in [-0.05, 0) is 0 Å². The summed E-state index contributed by atoms with van der Waals surface area (Å²) in [6.45, 7) is 1.18. The number of aldehydes is 1. The number of aliphatic carboxylic acids is 1. The van der Waals surface area contributed by atoms with Crippen molar-refractivity contribution >= 4 is 42.1 Å². The van der Waals surface area contributed by atoms with Gasteiger partial charge in [-0.2, -0.15) is 0 Å². The van der Waals surface area contributed by atoms with E-state index < -0.39 is 23.4 Å². The van der Waals surface area contributed by atoms with E-state index in [2.05, 4.69) is 15.0 Å². The summed E-state index contributed by atoms with van der Waals surface area (Å²) in [4.78, 5) is 46.9. The Hall–Kier alpha value is -2.16. The molecule has 2 N–H and O–H groups in total. The molecule has 0 aromatic rings. The highest BCUT2D eigenvalue weighted by Gasteiger charge is 2.30. The van der Waals surface area contributed by atoms with Crippen molar-refractivity contribution in [3.8, 4) is 0 Å². The van der Waals surface area contributed by atoms with Crippen LogP contribution in [0.1, 0.15) is 6.92 Å². The van der Waals surface area contributed by atoms with Crippen LogP contribution >= 0.6 is 11.8 Å². The van der Waals surface area contributed by atoms with Crippen LogP contribution < -0.4 is 5.32 Å². The normalized spacial score (nSPS) is 21.6. The molecule has 0 aliphatic carbocycles. The van der Waals surface area contributed by atoms with Crippen molar-refractivity contribution in [1.29, 1.82) is 0 Å². The summed E-state index contributed by atoms with van der Waals surface area (Å²) in [7, 11) is 0. The molecule has 0 fully saturated rings. The highest BCUT2D eigenvalue weighted by Crippen LogP contribution is 2.26. The molecular formula is C11H12N2O6S. The summed E-state index contributed by atoms with van der Waals surface area (Å²) < 4.78 is 4.63. The van der Waals surface area contributed by atoms with Gasteiger partial charge in [0, 0.05) is 18.2 Å². The lowest BCUT2D eigenvalue weighted by Crippen LogP contribution is -2.41. The largest absolute Gasteiger partial charge is 0.477 e. The number of carbonyl (C=O) groups excluding carboxylic acids is 3. The molecule has 0 aromatic carbocycles. The van der Waals surface area contributed by atoms with Crippen LogP contribution in [0.5, 0.6) is 0 Å². The predicted octanol–water partition coefficient (Wildman–Crippen LogP) is -0.655. The van der Waals surface area contributed by atoms with Crippen LogP contribution in [0.25, 0.3) is 0 Å².